The molecule has 1 amide bonds. The highest BCUT2D eigenvalue weighted by Gasteiger charge is 2.22. The van der Waals surface area contributed by atoms with Gasteiger partial charge in [-0.3, -0.25) is 4.79 Å². The van der Waals surface area contributed by atoms with Crippen LogP contribution in [0.4, 0.5) is 0 Å². The van der Waals surface area contributed by atoms with Crippen LogP contribution < -0.4 is 5.32 Å². The highest BCUT2D eigenvalue weighted by molar-refractivity contribution is 9.09. The maximum atomic E-state index is 11.0. The van der Waals surface area contributed by atoms with Gasteiger partial charge in [0.05, 0.1) is 5.33 Å². The van der Waals surface area contributed by atoms with Gasteiger partial charge in [0.2, 0.25) is 5.91 Å². The average Bonchev–Trinajstić information content (AvgIpc) is 3.10. The summed E-state index contributed by atoms with van der Waals surface area (Å²) in [4.78, 5) is 11.0. The predicted molar refractivity (Wildman–Crippen MR) is 64.1 cm³/mol. The summed E-state index contributed by atoms with van der Waals surface area (Å²) in [6.45, 7) is 0.620. The van der Waals surface area contributed by atoms with E-state index < -0.39 is 0 Å². The van der Waals surface area contributed by atoms with Gasteiger partial charge >= 0.3 is 0 Å². The molecular weight excluding hydrogens is 254 g/mol. The van der Waals surface area contributed by atoms with E-state index in [1.807, 2.05) is 0 Å². The number of hydrogen-bond acceptors (Lipinski definition) is 1. The third-order valence-corrected chi connectivity index (χ3v) is 3.15. The average molecular weight is 268 g/mol. The van der Waals surface area contributed by atoms with Crippen molar-refractivity contribution in [2.24, 2.45) is 0 Å². The van der Waals surface area contributed by atoms with Gasteiger partial charge in [-0.2, -0.15) is 0 Å². The Morgan fingerprint density at radius 2 is 2.00 bits per heavy atom. The van der Waals surface area contributed by atoms with Gasteiger partial charge in [-0.25, -0.2) is 0 Å². The number of benzene rings is 1. The highest BCUT2D eigenvalue weighted by atomic mass is 79.9. The van der Waals surface area contributed by atoms with Gasteiger partial charge in [0.1, 0.15) is 0 Å². The lowest BCUT2D eigenvalue weighted by Crippen LogP contribution is -2.23. The van der Waals surface area contributed by atoms with Crippen molar-refractivity contribution in [3.63, 3.8) is 0 Å². The zero-order valence-electron chi connectivity index (χ0n) is 8.50. The molecule has 0 radical (unpaired) electrons. The second kappa shape index (κ2) is 4.79. The Balaban J connectivity index is 1.89. The fourth-order valence-corrected chi connectivity index (χ4v) is 1.77. The van der Waals surface area contributed by atoms with Gasteiger partial charge in [-0.05, 0) is 29.9 Å². The van der Waals surface area contributed by atoms with Crippen LogP contribution in [0.3, 0.4) is 0 Å². The van der Waals surface area contributed by atoms with E-state index in [0.29, 0.717) is 11.9 Å². The lowest BCUT2D eigenvalue weighted by molar-refractivity contribution is -0.118. The number of carbonyl (C=O) groups is 1. The first kappa shape index (κ1) is 10.7. The second-order valence-electron chi connectivity index (χ2n) is 3.93. The molecule has 2 rings (SSSR count). The number of carbonyl (C=O) groups excluding carboxylic acids is 1. The largest absolute Gasteiger partial charge is 0.351 e. The molecule has 1 aliphatic carbocycles. The van der Waals surface area contributed by atoms with E-state index in [9.17, 15) is 4.79 Å². The van der Waals surface area contributed by atoms with Crippen molar-refractivity contribution in [3.05, 3.63) is 35.4 Å². The molecular formula is C12H14BrNO. The third-order valence-electron chi connectivity index (χ3n) is 2.64. The number of rotatable bonds is 4. The van der Waals surface area contributed by atoms with Crippen LogP contribution in [0.25, 0.3) is 0 Å². The zero-order chi connectivity index (χ0) is 10.7. The summed E-state index contributed by atoms with van der Waals surface area (Å²) in [5.74, 6) is 0.831. The minimum atomic E-state index is 0.0290. The molecule has 1 fully saturated rings. The van der Waals surface area contributed by atoms with Crippen LogP contribution in [0.15, 0.2) is 24.3 Å². The van der Waals surface area contributed by atoms with Crippen LogP contribution >= 0.6 is 15.9 Å². The van der Waals surface area contributed by atoms with Crippen molar-refractivity contribution < 1.29 is 4.79 Å². The van der Waals surface area contributed by atoms with Crippen LogP contribution in [0.1, 0.15) is 29.9 Å². The quantitative estimate of drug-likeness (QED) is 0.835. The first-order valence-corrected chi connectivity index (χ1v) is 6.33. The van der Waals surface area contributed by atoms with Crippen molar-refractivity contribution in [1.82, 2.24) is 5.32 Å². The number of hydrogen-bond donors (Lipinski definition) is 1. The minimum absolute atomic E-state index is 0.0290. The molecule has 0 aliphatic heterocycles. The summed E-state index contributed by atoms with van der Waals surface area (Å²) in [5.41, 5.74) is 2.60. The molecule has 3 heteroatoms. The van der Waals surface area contributed by atoms with Crippen molar-refractivity contribution >= 4 is 21.8 Å². The summed E-state index contributed by atoms with van der Waals surface area (Å²) in [6, 6.07) is 8.55. The van der Waals surface area contributed by atoms with Crippen molar-refractivity contribution in [1.29, 1.82) is 0 Å². The van der Waals surface area contributed by atoms with Crippen LogP contribution in [-0.4, -0.2) is 11.2 Å². The van der Waals surface area contributed by atoms with Crippen LogP contribution in [-0.2, 0) is 11.3 Å². The van der Waals surface area contributed by atoms with Gasteiger partial charge in [0.15, 0.2) is 0 Å². The van der Waals surface area contributed by atoms with E-state index >= 15 is 0 Å². The molecule has 80 valence electrons. The second-order valence-corrected chi connectivity index (χ2v) is 4.49. The van der Waals surface area contributed by atoms with E-state index in [0.717, 1.165) is 11.5 Å². The number of alkyl halides is 1. The van der Waals surface area contributed by atoms with E-state index in [-0.39, 0.29) is 5.91 Å². The molecule has 1 N–H and O–H groups in total. The first-order chi connectivity index (χ1) is 7.29. The Hall–Kier alpha value is -0.830. The number of nitrogens with one attached hydrogen (secondary N) is 1. The Bertz CT molecular complexity index is 343. The van der Waals surface area contributed by atoms with Gasteiger partial charge < -0.3 is 5.32 Å². The predicted octanol–water partition coefficient (Wildman–Crippen LogP) is 2.58. The molecule has 1 aromatic rings. The summed E-state index contributed by atoms with van der Waals surface area (Å²) in [5, 5.41) is 3.20. The molecule has 2 nitrogen and oxygen atoms in total. The van der Waals surface area contributed by atoms with Crippen molar-refractivity contribution in [2.45, 2.75) is 25.3 Å². The fraction of sp³-hybridized carbons (Fsp3) is 0.417. The summed E-state index contributed by atoms with van der Waals surface area (Å²) in [6.07, 6.45) is 2.67. The van der Waals surface area contributed by atoms with Gasteiger partial charge in [0.25, 0.3) is 0 Å². The number of amides is 1. The van der Waals surface area contributed by atoms with E-state index in [1.54, 1.807) is 0 Å². The monoisotopic (exact) mass is 267 g/mol. The lowest BCUT2D eigenvalue weighted by Gasteiger charge is -2.04. The molecule has 0 unspecified atom stereocenters. The minimum Gasteiger partial charge on any atom is -0.351 e. The van der Waals surface area contributed by atoms with Crippen molar-refractivity contribution in [2.75, 3.05) is 5.33 Å². The highest BCUT2D eigenvalue weighted by Crippen LogP contribution is 2.39. The first-order valence-electron chi connectivity index (χ1n) is 5.21. The molecule has 0 heterocycles. The van der Waals surface area contributed by atoms with E-state index in [2.05, 4.69) is 45.5 Å². The van der Waals surface area contributed by atoms with Crippen molar-refractivity contribution in [3.8, 4) is 0 Å². The van der Waals surface area contributed by atoms with Gasteiger partial charge in [0, 0.05) is 6.54 Å². The lowest BCUT2D eigenvalue weighted by atomic mass is 10.1. The topological polar surface area (TPSA) is 29.1 Å². The van der Waals surface area contributed by atoms with Gasteiger partial charge in [-0.15, -0.1) is 0 Å². The molecule has 0 bridgehead atoms. The Morgan fingerprint density at radius 3 is 2.53 bits per heavy atom. The molecule has 0 atom stereocenters. The summed E-state index contributed by atoms with van der Waals surface area (Å²) < 4.78 is 0. The summed E-state index contributed by atoms with van der Waals surface area (Å²) >= 11 is 3.12. The Labute approximate surface area is 98.2 Å². The molecule has 1 aromatic carbocycles. The Kier molecular flexibility index (Phi) is 3.41. The molecule has 0 aromatic heterocycles. The molecule has 15 heavy (non-hydrogen) atoms. The fourth-order valence-electron chi connectivity index (χ4n) is 1.57. The van der Waals surface area contributed by atoms with Crippen LogP contribution in [0.2, 0.25) is 0 Å². The molecule has 1 saturated carbocycles. The molecule has 0 spiro atoms. The third kappa shape index (κ3) is 3.06. The number of halogens is 1. The van der Waals surface area contributed by atoms with E-state index in [4.69, 9.17) is 0 Å². The van der Waals surface area contributed by atoms with Crippen LogP contribution in [0.5, 0.6) is 0 Å². The smallest absolute Gasteiger partial charge is 0.230 e. The normalized spacial score (nSPS) is 15.0. The SMILES string of the molecule is O=C(CBr)NCc1ccc(C2CC2)cc1. The Morgan fingerprint density at radius 1 is 1.33 bits per heavy atom. The molecule has 0 saturated heterocycles. The maximum absolute atomic E-state index is 11.0. The standard InChI is InChI=1S/C12H14BrNO/c13-7-12(15)14-8-9-1-3-10(4-2-9)11-5-6-11/h1-4,11H,5-8H2,(H,14,15). The van der Waals surface area contributed by atoms with Crippen LogP contribution in [0, 0.1) is 0 Å². The van der Waals surface area contributed by atoms with E-state index in [1.165, 1.54) is 18.4 Å². The summed E-state index contributed by atoms with van der Waals surface area (Å²) in [7, 11) is 0. The zero-order valence-corrected chi connectivity index (χ0v) is 10.1. The maximum Gasteiger partial charge on any atom is 0.230 e. The molecule has 1 aliphatic rings. The van der Waals surface area contributed by atoms with Gasteiger partial charge in [-0.1, -0.05) is 40.2 Å².